The van der Waals surface area contributed by atoms with E-state index in [2.05, 4.69) is 19.2 Å². The summed E-state index contributed by atoms with van der Waals surface area (Å²) < 4.78 is 5.43. The number of hydrogen-bond acceptors (Lipinski definition) is 2. The standard InChI is InChI=1S/C13H27NO/c1-3-5-6-13(14-9-4-2)12-7-10-15-11-8-12/h12-14H,3-11H2,1-2H3. The summed E-state index contributed by atoms with van der Waals surface area (Å²) in [4.78, 5) is 0. The van der Waals surface area contributed by atoms with Gasteiger partial charge in [-0.2, -0.15) is 0 Å². The first-order valence-corrected chi connectivity index (χ1v) is 6.69. The van der Waals surface area contributed by atoms with Gasteiger partial charge in [-0.25, -0.2) is 0 Å². The predicted molar refractivity (Wildman–Crippen MR) is 65.1 cm³/mol. The van der Waals surface area contributed by atoms with Crippen LogP contribution in [0.3, 0.4) is 0 Å². The number of unbranched alkanes of at least 4 members (excludes halogenated alkanes) is 1. The third-order valence-corrected chi connectivity index (χ3v) is 3.36. The highest BCUT2D eigenvalue weighted by Crippen LogP contribution is 2.22. The van der Waals surface area contributed by atoms with Gasteiger partial charge in [0.1, 0.15) is 0 Å². The van der Waals surface area contributed by atoms with Crippen LogP contribution in [0.15, 0.2) is 0 Å². The molecule has 15 heavy (non-hydrogen) atoms. The highest BCUT2D eigenvalue weighted by molar-refractivity contribution is 4.78. The van der Waals surface area contributed by atoms with Crippen LogP contribution < -0.4 is 5.32 Å². The van der Waals surface area contributed by atoms with Gasteiger partial charge in [0.15, 0.2) is 0 Å². The minimum absolute atomic E-state index is 0.744. The Morgan fingerprint density at radius 3 is 2.53 bits per heavy atom. The molecular formula is C13H27NO. The molecule has 0 aliphatic carbocycles. The first-order chi connectivity index (χ1) is 7.38. The van der Waals surface area contributed by atoms with Crippen LogP contribution >= 0.6 is 0 Å². The van der Waals surface area contributed by atoms with Crippen molar-refractivity contribution in [3.63, 3.8) is 0 Å². The quantitative estimate of drug-likeness (QED) is 0.702. The molecule has 1 saturated heterocycles. The fourth-order valence-corrected chi connectivity index (χ4v) is 2.38. The molecule has 1 atom stereocenters. The van der Waals surface area contributed by atoms with Gasteiger partial charge in [0.2, 0.25) is 0 Å². The predicted octanol–water partition coefficient (Wildman–Crippen LogP) is 2.97. The lowest BCUT2D eigenvalue weighted by Gasteiger charge is -2.31. The summed E-state index contributed by atoms with van der Waals surface area (Å²) in [5.74, 6) is 0.858. The van der Waals surface area contributed by atoms with Gasteiger partial charge in [0, 0.05) is 19.3 Å². The van der Waals surface area contributed by atoms with Crippen LogP contribution in [0.4, 0.5) is 0 Å². The zero-order valence-corrected chi connectivity index (χ0v) is 10.4. The molecule has 1 rings (SSSR count). The normalized spacial score (nSPS) is 20.4. The molecule has 0 radical (unpaired) electrons. The molecule has 1 heterocycles. The molecule has 0 amide bonds. The SMILES string of the molecule is CCCCC(NCCC)C1CCOCC1. The largest absolute Gasteiger partial charge is 0.381 e. The Kier molecular flexibility index (Phi) is 7.03. The Balaban J connectivity index is 2.30. The lowest BCUT2D eigenvalue weighted by Crippen LogP contribution is -2.39. The van der Waals surface area contributed by atoms with Crippen molar-refractivity contribution in [2.24, 2.45) is 5.92 Å². The Labute approximate surface area is 94.8 Å². The molecule has 1 unspecified atom stereocenters. The van der Waals surface area contributed by atoms with E-state index < -0.39 is 0 Å². The second-order valence-electron chi connectivity index (χ2n) is 4.65. The molecular weight excluding hydrogens is 186 g/mol. The summed E-state index contributed by atoms with van der Waals surface area (Å²) in [6, 6.07) is 0.744. The zero-order chi connectivity index (χ0) is 10.9. The molecule has 0 spiro atoms. The maximum Gasteiger partial charge on any atom is 0.0469 e. The fourth-order valence-electron chi connectivity index (χ4n) is 2.38. The van der Waals surface area contributed by atoms with E-state index in [4.69, 9.17) is 4.74 Å². The van der Waals surface area contributed by atoms with E-state index in [1.807, 2.05) is 0 Å². The number of ether oxygens (including phenoxy) is 1. The molecule has 1 aliphatic rings. The molecule has 0 saturated carbocycles. The number of nitrogens with one attached hydrogen (secondary N) is 1. The molecule has 1 N–H and O–H groups in total. The smallest absolute Gasteiger partial charge is 0.0469 e. The zero-order valence-electron chi connectivity index (χ0n) is 10.4. The van der Waals surface area contributed by atoms with Crippen LogP contribution in [-0.2, 0) is 4.74 Å². The summed E-state index contributed by atoms with van der Waals surface area (Å²) in [5.41, 5.74) is 0. The summed E-state index contributed by atoms with van der Waals surface area (Å²) >= 11 is 0. The Hall–Kier alpha value is -0.0800. The average molecular weight is 213 g/mol. The van der Waals surface area contributed by atoms with E-state index in [0.717, 1.165) is 25.2 Å². The van der Waals surface area contributed by atoms with E-state index in [9.17, 15) is 0 Å². The second-order valence-corrected chi connectivity index (χ2v) is 4.65. The Morgan fingerprint density at radius 2 is 1.93 bits per heavy atom. The molecule has 90 valence electrons. The molecule has 0 aromatic carbocycles. The second kappa shape index (κ2) is 8.12. The third kappa shape index (κ3) is 4.98. The summed E-state index contributed by atoms with van der Waals surface area (Å²) in [6.45, 7) is 7.64. The van der Waals surface area contributed by atoms with Crippen LogP contribution in [0.25, 0.3) is 0 Å². The van der Waals surface area contributed by atoms with Crippen molar-refractivity contribution >= 4 is 0 Å². The molecule has 0 aromatic rings. The van der Waals surface area contributed by atoms with E-state index in [-0.39, 0.29) is 0 Å². The summed E-state index contributed by atoms with van der Waals surface area (Å²) in [5, 5.41) is 3.72. The minimum Gasteiger partial charge on any atom is -0.381 e. The van der Waals surface area contributed by atoms with Crippen LogP contribution in [0.5, 0.6) is 0 Å². The van der Waals surface area contributed by atoms with Crippen LogP contribution in [0, 0.1) is 5.92 Å². The van der Waals surface area contributed by atoms with Crippen molar-refractivity contribution in [1.82, 2.24) is 5.32 Å². The van der Waals surface area contributed by atoms with Gasteiger partial charge >= 0.3 is 0 Å². The number of rotatable bonds is 7. The van der Waals surface area contributed by atoms with Gasteiger partial charge in [-0.3, -0.25) is 0 Å². The van der Waals surface area contributed by atoms with Gasteiger partial charge in [0.25, 0.3) is 0 Å². The number of hydrogen-bond donors (Lipinski definition) is 1. The van der Waals surface area contributed by atoms with Crippen LogP contribution in [-0.4, -0.2) is 25.8 Å². The fraction of sp³-hybridized carbons (Fsp3) is 1.00. The first-order valence-electron chi connectivity index (χ1n) is 6.69. The third-order valence-electron chi connectivity index (χ3n) is 3.36. The average Bonchev–Trinajstić information content (AvgIpc) is 2.30. The monoisotopic (exact) mass is 213 g/mol. The summed E-state index contributed by atoms with van der Waals surface area (Å²) in [7, 11) is 0. The van der Waals surface area contributed by atoms with Crippen molar-refractivity contribution in [3.05, 3.63) is 0 Å². The van der Waals surface area contributed by atoms with Crippen molar-refractivity contribution in [1.29, 1.82) is 0 Å². The van der Waals surface area contributed by atoms with E-state index in [0.29, 0.717) is 0 Å². The molecule has 0 bridgehead atoms. The van der Waals surface area contributed by atoms with Gasteiger partial charge in [-0.05, 0) is 38.1 Å². The van der Waals surface area contributed by atoms with Gasteiger partial charge in [-0.1, -0.05) is 26.7 Å². The van der Waals surface area contributed by atoms with E-state index in [1.165, 1.54) is 45.1 Å². The van der Waals surface area contributed by atoms with Crippen molar-refractivity contribution < 1.29 is 4.74 Å². The molecule has 1 fully saturated rings. The maximum absolute atomic E-state index is 5.43. The first kappa shape index (κ1) is 13.0. The van der Waals surface area contributed by atoms with Crippen molar-refractivity contribution in [2.75, 3.05) is 19.8 Å². The highest BCUT2D eigenvalue weighted by Gasteiger charge is 2.22. The van der Waals surface area contributed by atoms with Gasteiger partial charge in [0.05, 0.1) is 0 Å². The van der Waals surface area contributed by atoms with Crippen molar-refractivity contribution in [3.8, 4) is 0 Å². The minimum atomic E-state index is 0.744. The van der Waals surface area contributed by atoms with E-state index in [1.54, 1.807) is 0 Å². The van der Waals surface area contributed by atoms with Crippen molar-refractivity contribution in [2.45, 2.75) is 58.4 Å². The molecule has 2 heteroatoms. The van der Waals surface area contributed by atoms with E-state index >= 15 is 0 Å². The van der Waals surface area contributed by atoms with Crippen LogP contribution in [0.1, 0.15) is 52.4 Å². The Morgan fingerprint density at radius 1 is 1.20 bits per heavy atom. The van der Waals surface area contributed by atoms with Crippen LogP contribution in [0.2, 0.25) is 0 Å². The van der Waals surface area contributed by atoms with Gasteiger partial charge < -0.3 is 10.1 Å². The Bertz CT molecular complexity index is 135. The topological polar surface area (TPSA) is 21.3 Å². The lowest BCUT2D eigenvalue weighted by atomic mass is 9.88. The molecule has 0 aromatic heterocycles. The van der Waals surface area contributed by atoms with Gasteiger partial charge in [-0.15, -0.1) is 0 Å². The summed E-state index contributed by atoms with van der Waals surface area (Å²) in [6.07, 6.45) is 7.77. The lowest BCUT2D eigenvalue weighted by molar-refractivity contribution is 0.0523. The maximum atomic E-state index is 5.43. The molecule has 1 aliphatic heterocycles. The highest BCUT2D eigenvalue weighted by atomic mass is 16.5. The molecule has 2 nitrogen and oxygen atoms in total.